The fourth-order valence-electron chi connectivity index (χ4n) is 6.12. The van der Waals surface area contributed by atoms with Crippen molar-refractivity contribution in [1.82, 2.24) is 20.0 Å². The van der Waals surface area contributed by atoms with E-state index >= 15 is 0 Å². The van der Waals surface area contributed by atoms with Crippen molar-refractivity contribution in [2.45, 2.75) is 44.9 Å². The van der Waals surface area contributed by atoms with Gasteiger partial charge in [-0.25, -0.2) is 4.79 Å². The lowest BCUT2D eigenvalue weighted by atomic mass is 9.96. The van der Waals surface area contributed by atoms with Crippen LogP contribution in [0, 0.1) is 11.3 Å². The van der Waals surface area contributed by atoms with Gasteiger partial charge in [-0.1, -0.05) is 66.7 Å². The van der Waals surface area contributed by atoms with Crippen LogP contribution in [0.4, 0.5) is 10.5 Å². The van der Waals surface area contributed by atoms with Gasteiger partial charge >= 0.3 is 6.03 Å². The normalized spacial score (nSPS) is 16.1. The van der Waals surface area contributed by atoms with Gasteiger partial charge in [0.25, 0.3) is 0 Å². The van der Waals surface area contributed by atoms with Crippen LogP contribution in [0.15, 0.2) is 91.0 Å². The quantitative estimate of drug-likeness (QED) is 0.182. The summed E-state index contributed by atoms with van der Waals surface area (Å²) in [5.41, 5.74) is 9.33. The first kappa shape index (κ1) is 32.8. The number of anilines is 1. The lowest BCUT2D eigenvalue weighted by Crippen LogP contribution is -2.63. The second-order valence-corrected chi connectivity index (χ2v) is 11.8. The number of rotatable bonds is 11. The molecule has 0 aliphatic carbocycles. The fourth-order valence-corrected chi connectivity index (χ4v) is 6.12. The second kappa shape index (κ2) is 15.1. The molecule has 0 saturated carbocycles. The Balaban J connectivity index is 1.31. The van der Waals surface area contributed by atoms with Crippen molar-refractivity contribution in [2.75, 3.05) is 32.5 Å². The number of nitrogens with zero attached hydrogens (tertiary/aromatic N) is 4. The van der Waals surface area contributed by atoms with Gasteiger partial charge < -0.3 is 30.5 Å². The number of nitrogen functional groups attached to an aromatic ring is 1. The molecule has 0 spiro atoms. The molecule has 10 heteroatoms. The number of hydrogen-bond acceptors (Lipinski definition) is 6. The minimum atomic E-state index is -0.738. The molecule has 0 radical (unpaired) electrons. The maximum absolute atomic E-state index is 14.2. The zero-order valence-electron chi connectivity index (χ0n) is 26.8. The van der Waals surface area contributed by atoms with Gasteiger partial charge in [0.2, 0.25) is 11.8 Å². The van der Waals surface area contributed by atoms with Crippen LogP contribution in [-0.2, 0) is 29.1 Å². The standard InChI is InChI=1S/C37H40N6O4/c1-26-24-42(25-30-8-5-7-29-6-3-4-9-33(29)30)36(45)34(22-27-10-14-31(39)15-11-27)43(26)35(44)18-20-41(21-19-38)37(46)40-23-28-12-16-32(47-2)17-13-28/h3-17,26,34H,18,20-25,39H2,1-2H3,(H,40,46)/t26-,34-/m0/s1. The van der Waals surface area contributed by atoms with Crippen LogP contribution >= 0.6 is 0 Å². The summed E-state index contributed by atoms with van der Waals surface area (Å²) in [7, 11) is 1.58. The minimum absolute atomic E-state index is 0.0309. The highest BCUT2D eigenvalue weighted by Crippen LogP contribution is 2.26. The van der Waals surface area contributed by atoms with E-state index < -0.39 is 12.1 Å². The Bertz CT molecular complexity index is 1750. The van der Waals surface area contributed by atoms with Gasteiger partial charge in [-0.2, -0.15) is 5.26 Å². The first-order valence-electron chi connectivity index (χ1n) is 15.7. The van der Waals surface area contributed by atoms with Crippen LogP contribution in [0.2, 0.25) is 0 Å². The van der Waals surface area contributed by atoms with Crippen LogP contribution in [0.3, 0.4) is 0 Å². The lowest BCUT2D eigenvalue weighted by molar-refractivity contribution is -0.156. The topological polar surface area (TPSA) is 132 Å². The Kier molecular flexibility index (Phi) is 10.6. The lowest BCUT2D eigenvalue weighted by Gasteiger charge is -2.45. The zero-order valence-corrected chi connectivity index (χ0v) is 26.8. The third-order valence-corrected chi connectivity index (χ3v) is 8.58. The number of nitriles is 1. The molecule has 0 aromatic heterocycles. The van der Waals surface area contributed by atoms with Gasteiger partial charge in [-0.05, 0) is 58.7 Å². The molecule has 4 aromatic carbocycles. The van der Waals surface area contributed by atoms with E-state index in [-0.39, 0.29) is 43.9 Å². The summed E-state index contributed by atoms with van der Waals surface area (Å²) in [6.07, 6.45) is 0.294. The predicted octanol–water partition coefficient (Wildman–Crippen LogP) is 4.73. The van der Waals surface area contributed by atoms with Gasteiger partial charge in [-0.15, -0.1) is 0 Å². The van der Waals surface area contributed by atoms with Crippen LogP contribution in [-0.4, -0.2) is 71.4 Å². The zero-order chi connectivity index (χ0) is 33.3. The maximum Gasteiger partial charge on any atom is 0.318 e. The molecule has 1 aliphatic rings. The van der Waals surface area contributed by atoms with Crippen molar-refractivity contribution in [1.29, 1.82) is 5.26 Å². The molecule has 10 nitrogen and oxygen atoms in total. The number of fused-ring (bicyclic) bond motifs is 1. The third-order valence-electron chi connectivity index (χ3n) is 8.58. The molecule has 1 saturated heterocycles. The van der Waals surface area contributed by atoms with Crippen molar-refractivity contribution in [3.63, 3.8) is 0 Å². The van der Waals surface area contributed by atoms with E-state index in [9.17, 15) is 19.6 Å². The molecule has 0 bridgehead atoms. The van der Waals surface area contributed by atoms with Crippen LogP contribution in [0.1, 0.15) is 30.0 Å². The second-order valence-electron chi connectivity index (χ2n) is 11.8. The Hall–Kier alpha value is -5.56. The van der Waals surface area contributed by atoms with Gasteiger partial charge in [0.15, 0.2) is 0 Å². The molecule has 242 valence electrons. The Labute approximate surface area is 275 Å². The van der Waals surface area contributed by atoms with Gasteiger partial charge in [-0.3, -0.25) is 9.59 Å². The van der Waals surface area contributed by atoms with E-state index in [1.54, 1.807) is 36.3 Å². The van der Waals surface area contributed by atoms with E-state index in [0.29, 0.717) is 30.9 Å². The van der Waals surface area contributed by atoms with Crippen molar-refractivity contribution < 1.29 is 19.1 Å². The highest BCUT2D eigenvalue weighted by Gasteiger charge is 2.41. The monoisotopic (exact) mass is 632 g/mol. The van der Waals surface area contributed by atoms with E-state index in [4.69, 9.17) is 10.5 Å². The van der Waals surface area contributed by atoms with Gasteiger partial charge in [0.1, 0.15) is 18.3 Å². The van der Waals surface area contributed by atoms with E-state index in [1.807, 2.05) is 66.4 Å². The molecule has 4 amide bonds. The number of carbonyl (C=O) groups excluding carboxylic acids is 3. The summed E-state index contributed by atoms with van der Waals surface area (Å²) in [5.74, 6) is 0.329. The molecular weight excluding hydrogens is 592 g/mol. The fraction of sp³-hybridized carbons (Fsp3) is 0.297. The number of ether oxygens (including phenoxy) is 1. The maximum atomic E-state index is 14.2. The smallest absolute Gasteiger partial charge is 0.318 e. The van der Waals surface area contributed by atoms with E-state index in [0.717, 1.165) is 27.5 Å². The Morgan fingerprint density at radius 3 is 2.43 bits per heavy atom. The minimum Gasteiger partial charge on any atom is -0.497 e. The van der Waals surface area contributed by atoms with Gasteiger partial charge in [0, 0.05) is 50.7 Å². The molecule has 47 heavy (non-hydrogen) atoms. The van der Waals surface area contributed by atoms with Gasteiger partial charge in [0.05, 0.1) is 13.2 Å². The first-order chi connectivity index (χ1) is 22.8. The molecule has 0 unspecified atom stereocenters. The average Bonchev–Trinajstić information content (AvgIpc) is 3.09. The molecule has 3 N–H and O–H groups in total. The van der Waals surface area contributed by atoms with Crippen molar-refractivity contribution >= 4 is 34.3 Å². The summed E-state index contributed by atoms with van der Waals surface area (Å²) in [4.78, 5) is 45.9. The summed E-state index contributed by atoms with van der Waals surface area (Å²) in [6, 6.07) is 29.4. The summed E-state index contributed by atoms with van der Waals surface area (Å²) < 4.78 is 5.18. The average molecular weight is 633 g/mol. The summed E-state index contributed by atoms with van der Waals surface area (Å²) >= 11 is 0. The SMILES string of the molecule is COc1ccc(CNC(=O)N(CC#N)CCC(=O)N2[C@@H](C)CN(Cc3cccc4ccccc34)C(=O)[C@@H]2Cc2ccc(N)cc2)cc1. The molecule has 2 atom stereocenters. The predicted molar refractivity (Wildman–Crippen MR) is 181 cm³/mol. The number of urea groups is 1. The number of amides is 4. The number of nitrogens with one attached hydrogen (secondary N) is 1. The first-order valence-corrected chi connectivity index (χ1v) is 15.7. The molecular formula is C37H40N6O4. The van der Waals surface area contributed by atoms with E-state index in [1.165, 1.54) is 4.90 Å². The van der Waals surface area contributed by atoms with E-state index in [2.05, 4.69) is 23.5 Å². The van der Waals surface area contributed by atoms with Crippen LogP contribution < -0.4 is 15.8 Å². The molecule has 4 aromatic rings. The number of benzene rings is 4. The number of nitrogens with two attached hydrogens (primary N) is 1. The third kappa shape index (κ3) is 8.00. The molecule has 1 fully saturated rings. The summed E-state index contributed by atoms with van der Waals surface area (Å²) in [6.45, 7) is 2.86. The highest BCUT2D eigenvalue weighted by molar-refractivity contribution is 5.91. The van der Waals surface area contributed by atoms with Crippen LogP contribution in [0.5, 0.6) is 5.75 Å². The largest absolute Gasteiger partial charge is 0.497 e. The summed E-state index contributed by atoms with van der Waals surface area (Å²) in [5, 5.41) is 14.4. The van der Waals surface area contributed by atoms with Crippen molar-refractivity contribution in [3.8, 4) is 11.8 Å². The van der Waals surface area contributed by atoms with Crippen molar-refractivity contribution in [3.05, 3.63) is 108 Å². The molecule has 1 aliphatic heterocycles. The number of hydrogen-bond donors (Lipinski definition) is 2. The van der Waals surface area contributed by atoms with Crippen molar-refractivity contribution in [2.24, 2.45) is 0 Å². The Morgan fingerprint density at radius 2 is 1.70 bits per heavy atom. The molecule has 5 rings (SSSR count). The van der Waals surface area contributed by atoms with Crippen LogP contribution in [0.25, 0.3) is 10.8 Å². The Morgan fingerprint density at radius 1 is 1.00 bits per heavy atom. The molecule has 1 heterocycles. The highest BCUT2D eigenvalue weighted by atomic mass is 16.5. The number of carbonyl (C=O) groups is 3. The number of piperazine rings is 1. The number of methoxy groups -OCH3 is 1.